The molecule has 0 fully saturated rings. The number of nitrogens with zero attached hydrogens (tertiary/aromatic N) is 1. The standard InChI is InChI=1S/C11H16N2OS/c1-4-6-13(5-2)11(14)10-7-9(12)8(3)15-10/h4,7H,1,5-6,12H2,2-3H3. The van der Waals surface area contributed by atoms with Crippen LogP contribution in [0.4, 0.5) is 5.69 Å². The van der Waals surface area contributed by atoms with Crippen LogP contribution in [0.1, 0.15) is 21.5 Å². The van der Waals surface area contributed by atoms with E-state index in [4.69, 9.17) is 5.73 Å². The van der Waals surface area contributed by atoms with Crippen molar-refractivity contribution in [1.82, 2.24) is 4.90 Å². The van der Waals surface area contributed by atoms with E-state index in [1.807, 2.05) is 13.8 Å². The van der Waals surface area contributed by atoms with E-state index in [-0.39, 0.29) is 5.91 Å². The highest BCUT2D eigenvalue weighted by atomic mass is 32.1. The zero-order chi connectivity index (χ0) is 11.4. The van der Waals surface area contributed by atoms with Crippen LogP contribution in [-0.2, 0) is 0 Å². The molecule has 0 unspecified atom stereocenters. The fourth-order valence-electron chi connectivity index (χ4n) is 1.27. The van der Waals surface area contributed by atoms with Gasteiger partial charge >= 0.3 is 0 Å². The monoisotopic (exact) mass is 224 g/mol. The van der Waals surface area contributed by atoms with Gasteiger partial charge in [-0.2, -0.15) is 0 Å². The number of anilines is 1. The zero-order valence-electron chi connectivity index (χ0n) is 9.12. The van der Waals surface area contributed by atoms with Crippen molar-refractivity contribution in [2.75, 3.05) is 18.8 Å². The second-order valence-electron chi connectivity index (χ2n) is 3.25. The Morgan fingerprint density at radius 2 is 2.40 bits per heavy atom. The summed E-state index contributed by atoms with van der Waals surface area (Å²) in [6.07, 6.45) is 1.73. The molecule has 0 aromatic carbocycles. The average Bonchev–Trinajstić information content (AvgIpc) is 2.55. The molecule has 0 aliphatic carbocycles. The number of likely N-dealkylation sites (N-methyl/N-ethyl adjacent to an activating group) is 1. The summed E-state index contributed by atoms with van der Waals surface area (Å²) in [6, 6.07) is 1.74. The highest BCUT2D eigenvalue weighted by Crippen LogP contribution is 2.24. The van der Waals surface area contributed by atoms with Gasteiger partial charge in [0.05, 0.1) is 4.88 Å². The summed E-state index contributed by atoms with van der Waals surface area (Å²) < 4.78 is 0. The summed E-state index contributed by atoms with van der Waals surface area (Å²) in [5.74, 6) is 0.0298. The van der Waals surface area contributed by atoms with Crippen molar-refractivity contribution in [3.05, 3.63) is 28.5 Å². The molecule has 2 N–H and O–H groups in total. The van der Waals surface area contributed by atoms with E-state index in [1.54, 1.807) is 17.0 Å². The third kappa shape index (κ3) is 2.59. The molecule has 15 heavy (non-hydrogen) atoms. The molecule has 1 aromatic heterocycles. The quantitative estimate of drug-likeness (QED) is 0.798. The van der Waals surface area contributed by atoms with Crippen molar-refractivity contribution >= 4 is 22.9 Å². The number of hydrogen-bond donors (Lipinski definition) is 1. The number of nitrogens with two attached hydrogens (primary N) is 1. The smallest absolute Gasteiger partial charge is 0.264 e. The van der Waals surface area contributed by atoms with E-state index >= 15 is 0 Å². The Morgan fingerprint density at radius 3 is 2.80 bits per heavy atom. The van der Waals surface area contributed by atoms with Gasteiger partial charge in [0.25, 0.3) is 5.91 Å². The van der Waals surface area contributed by atoms with Crippen molar-refractivity contribution in [2.24, 2.45) is 0 Å². The normalized spacial score (nSPS) is 10.0. The summed E-state index contributed by atoms with van der Waals surface area (Å²) in [5.41, 5.74) is 6.41. The molecule has 4 heteroatoms. The van der Waals surface area contributed by atoms with Crippen LogP contribution in [0.5, 0.6) is 0 Å². The van der Waals surface area contributed by atoms with Crippen LogP contribution in [0.15, 0.2) is 18.7 Å². The number of nitrogen functional groups attached to an aromatic ring is 1. The van der Waals surface area contributed by atoms with Gasteiger partial charge in [-0.1, -0.05) is 6.08 Å². The molecule has 1 amide bonds. The molecule has 0 bridgehead atoms. The van der Waals surface area contributed by atoms with Crippen LogP contribution in [0, 0.1) is 6.92 Å². The maximum absolute atomic E-state index is 12.0. The lowest BCUT2D eigenvalue weighted by molar-refractivity contribution is 0.0787. The summed E-state index contributed by atoms with van der Waals surface area (Å²) in [7, 11) is 0. The predicted molar refractivity (Wildman–Crippen MR) is 65.2 cm³/mol. The fourth-order valence-corrected chi connectivity index (χ4v) is 2.18. The lowest BCUT2D eigenvalue weighted by Gasteiger charge is -2.17. The van der Waals surface area contributed by atoms with Gasteiger partial charge < -0.3 is 10.6 Å². The van der Waals surface area contributed by atoms with Crippen molar-refractivity contribution in [3.63, 3.8) is 0 Å². The van der Waals surface area contributed by atoms with Crippen molar-refractivity contribution in [2.45, 2.75) is 13.8 Å². The molecular weight excluding hydrogens is 208 g/mol. The van der Waals surface area contributed by atoms with Crippen LogP contribution < -0.4 is 5.73 Å². The van der Waals surface area contributed by atoms with Gasteiger partial charge in [0.15, 0.2) is 0 Å². The number of carbonyl (C=O) groups excluding carboxylic acids is 1. The Balaban J connectivity index is 2.87. The molecule has 0 aliphatic rings. The van der Waals surface area contributed by atoms with Crippen molar-refractivity contribution in [1.29, 1.82) is 0 Å². The predicted octanol–water partition coefficient (Wildman–Crippen LogP) is 2.29. The summed E-state index contributed by atoms with van der Waals surface area (Å²) >= 11 is 1.44. The SMILES string of the molecule is C=CCN(CC)C(=O)c1cc(N)c(C)s1. The molecule has 3 nitrogen and oxygen atoms in total. The van der Waals surface area contributed by atoms with Crippen molar-refractivity contribution in [3.8, 4) is 0 Å². The molecule has 82 valence electrons. The lowest BCUT2D eigenvalue weighted by atomic mass is 10.3. The van der Waals surface area contributed by atoms with E-state index in [2.05, 4.69) is 6.58 Å². The summed E-state index contributed by atoms with van der Waals surface area (Å²) in [4.78, 5) is 15.4. The maximum atomic E-state index is 12.0. The first-order valence-corrected chi connectivity index (χ1v) is 5.67. The van der Waals surface area contributed by atoms with Gasteiger partial charge in [-0.3, -0.25) is 4.79 Å². The minimum Gasteiger partial charge on any atom is -0.398 e. The van der Waals surface area contributed by atoms with Crippen LogP contribution in [0.3, 0.4) is 0 Å². The van der Waals surface area contributed by atoms with Crippen LogP contribution in [0.25, 0.3) is 0 Å². The number of rotatable bonds is 4. The number of hydrogen-bond acceptors (Lipinski definition) is 3. The highest BCUT2D eigenvalue weighted by Gasteiger charge is 2.15. The summed E-state index contributed by atoms with van der Waals surface area (Å²) in [5, 5.41) is 0. The van der Waals surface area contributed by atoms with E-state index in [9.17, 15) is 4.79 Å². The summed E-state index contributed by atoms with van der Waals surface area (Å²) in [6.45, 7) is 8.76. The fraction of sp³-hybridized carbons (Fsp3) is 0.364. The number of thiophene rings is 1. The first-order chi connectivity index (χ1) is 7.10. The largest absolute Gasteiger partial charge is 0.398 e. The Bertz CT molecular complexity index is 351. The van der Waals surface area contributed by atoms with Gasteiger partial charge in [0.2, 0.25) is 0 Å². The van der Waals surface area contributed by atoms with Crippen molar-refractivity contribution < 1.29 is 4.79 Å². The molecule has 1 rings (SSSR count). The zero-order valence-corrected chi connectivity index (χ0v) is 9.93. The Labute approximate surface area is 94.2 Å². The molecule has 0 saturated carbocycles. The molecule has 1 aromatic rings. The lowest BCUT2D eigenvalue weighted by Crippen LogP contribution is -2.30. The van der Waals surface area contributed by atoms with Gasteiger partial charge in [0.1, 0.15) is 0 Å². The molecule has 0 spiro atoms. The van der Waals surface area contributed by atoms with E-state index < -0.39 is 0 Å². The van der Waals surface area contributed by atoms with Gasteiger partial charge in [0, 0.05) is 23.7 Å². The Hall–Kier alpha value is -1.29. The molecular formula is C11H16N2OS. The first-order valence-electron chi connectivity index (χ1n) is 4.86. The van der Waals surface area contributed by atoms with E-state index in [0.29, 0.717) is 23.7 Å². The molecule has 1 heterocycles. The molecule has 0 aliphatic heterocycles. The molecule has 0 radical (unpaired) electrons. The van der Waals surface area contributed by atoms with Crippen LogP contribution >= 0.6 is 11.3 Å². The second kappa shape index (κ2) is 4.98. The number of amides is 1. The van der Waals surface area contributed by atoms with Gasteiger partial charge in [-0.15, -0.1) is 17.9 Å². The Kier molecular flexibility index (Phi) is 3.91. The van der Waals surface area contributed by atoms with Gasteiger partial charge in [-0.05, 0) is 19.9 Å². The highest BCUT2D eigenvalue weighted by molar-refractivity contribution is 7.14. The maximum Gasteiger partial charge on any atom is 0.264 e. The van der Waals surface area contributed by atoms with Crippen LogP contribution in [0.2, 0.25) is 0 Å². The number of aryl methyl sites for hydroxylation is 1. The number of carbonyl (C=O) groups is 1. The second-order valence-corrected chi connectivity index (χ2v) is 4.51. The third-order valence-corrected chi connectivity index (χ3v) is 3.24. The average molecular weight is 224 g/mol. The van der Waals surface area contributed by atoms with Gasteiger partial charge in [-0.25, -0.2) is 0 Å². The minimum absolute atomic E-state index is 0.0298. The third-order valence-electron chi connectivity index (χ3n) is 2.19. The molecule has 0 saturated heterocycles. The minimum atomic E-state index is 0.0298. The van der Waals surface area contributed by atoms with E-state index in [1.165, 1.54) is 11.3 Å². The van der Waals surface area contributed by atoms with E-state index in [0.717, 1.165) is 4.88 Å². The molecule has 0 atom stereocenters. The Morgan fingerprint density at radius 1 is 1.73 bits per heavy atom. The van der Waals surface area contributed by atoms with Crippen LogP contribution in [-0.4, -0.2) is 23.9 Å². The first kappa shape index (κ1) is 11.8. The topological polar surface area (TPSA) is 46.3 Å².